The van der Waals surface area contributed by atoms with Crippen LogP contribution < -0.4 is 20.6 Å². The highest BCUT2D eigenvalue weighted by Crippen LogP contribution is 2.50. The molecule has 3 aromatic carbocycles. The van der Waals surface area contributed by atoms with E-state index < -0.39 is 5.41 Å². The number of aromatic nitrogens is 1. The van der Waals surface area contributed by atoms with Crippen molar-refractivity contribution in [2.24, 2.45) is 0 Å². The first-order valence-electron chi connectivity index (χ1n) is 17.2. The van der Waals surface area contributed by atoms with Crippen molar-refractivity contribution in [3.05, 3.63) is 101 Å². The molecule has 40 heavy (non-hydrogen) atoms. The normalized spacial score (nSPS) is 21.1. The largest absolute Gasteiger partial charge is 0.310 e. The van der Waals surface area contributed by atoms with Crippen molar-refractivity contribution in [3.8, 4) is 0 Å². The molecule has 3 aliphatic rings. The van der Waals surface area contributed by atoms with Gasteiger partial charge in [0, 0.05) is 43.5 Å². The summed E-state index contributed by atoms with van der Waals surface area (Å²) in [5.41, 5.74) is 7.85. The van der Waals surface area contributed by atoms with Gasteiger partial charge in [-0.1, -0.05) is 95.5 Å². The van der Waals surface area contributed by atoms with E-state index in [-0.39, 0.29) is 53.9 Å². The third kappa shape index (κ3) is 3.09. The van der Waals surface area contributed by atoms with Crippen LogP contribution in [0.5, 0.6) is 0 Å². The third-order valence-electron chi connectivity index (χ3n) is 9.82. The number of benzene rings is 3. The van der Waals surface area contributed by atoms with E-state index in [9.17, 15) is 1.37 Å². The Labute approximate surface area is 250 Å². The number of pyridine rings is 1. The van der Waals surface area contributed by atoms with Gasteiger partial charge in [-0.15, -0.1) is 11.3 Å². The molecule has 0 spiro atoms. The fraction of sp³-hybridized carbons (Fsp3) is 0.306. The molecule has 0 amide bonds. The lowest BCUT2D eigenvalue weighted by Gasteiger charge is -2.45. The van der Waals surface area contributed by atoms with Gasteiger partial charge >= 0.3 is 0 Å². The maximum absolute atomic E-state index is 9.42. The molecule has 4 heterocycles. The van der Waals surface area contributed by atoms with E-state index in [2.05, 4.69) is 71.9 Å². The fourth-order valence-electron chi connectivity index (χ4n) is 7.51. The number of nitrogens with zero attached hydrogens (tertiary/aromatic N) is 2. The lowest BCUT2D eigenvalue weighted by molar-refractivity contribution is 0.332. The summed E-state index contributed by atoms with van der Waals surface area (Å²) in [6.45, 7) is 13.1. The number of hydrogen-bond acceptors (Lipinski definition) is 3. The molecular weight excluding hydrogens is 503 g/mol. The van der Waals surface area contributed by atoms with E-state index in [1.54, 1.807) is 0 Å². The first-order chi connectivity index (χ1) is 21.6. The highest BCUT2D eigenvalue weighted by atomic mass is 32.1. The molecule has 198 valence electrons. The van der Waals surface area contributed by atoms with E-state index >= 15 is 0 Å². The number of anilines is 3. The highest BCUT2D eigenvalue weighted by Gasteiger charge is 2.48. The number of fused-ring (bicyclic) bond motifs is 7. The summed E-state index contributed by atoms with van der Waals surface area (Å²) in [5, 5.41) is 0.459. The van der Waals surface area contributed by atoms with Gasteiger partial charge in [-0.05, 0) is 70.0 Å². The standard InChI is InChI=1S/C36H35BN2S/c1-34(2)18-19-35(3,4)26-21-22(15-16-24(26)34)39-28-17-20-38-32-30(28)37(27-13-9-8-12-25(27)36(32,5)6)33-31(39)23-11-7-10-14-29(23)40-33/h7-17,20-21H,18-19H2,1-6H3/i7D,10D,11D,14D,17D,20D. The monoisotopic (exact) mass is 544 g/mol. The molecule has 0 unspecified atom stereocenters. The summed E-state index contributed by atoms with van der Waals surface area (Å²) < 4.78 is 55.1. The molecular formula is C36H35BN2S. The Bertz CT molecular complexity index is 2190. The van der Waals surface area contributed by atoms with Gasteiger partial charge in [0.1, 0.15) is 0 Å². The van der Waals surface area contributed by atoms with E-state index in [4.69, 9.17) is 11.8 Å². The minimum Gasteiger partial charge on any atom is -0.310 e. The SMILES string of the molecule is [2H]c1nc2c3c(c1[2H])N(c1ccc4c(c1)C(C)(C)CCC4(C)C)c1c(sc4c([2H])c([2H])c([2H])c([2H])c14)B3c1ccccc1C2(C)C. The topological polar surface area (TPSA) is 16.1 Å². The molecule has 0 radical (unpaired) electrons. The molecule has 4 heteroatoms. The number of thiophene rings is 1. The Balaban J connectivity index is 1.56. The quantitative estimate of drug-likeness (QED) is 0.198. The lowest BCUT2D eigenvalue weighted by Crippen LogP contribution is -2.63. The average Bonchev–Trinajstić information content (AvgIpc) is 3.41. The van der Waals surface area contributed by atoms with Crippen LogP contribution in [0, 0.1) is 0 Å². The number of rotatable bonds is 1. The van der Waals surface area contributed by atoms with E-state index in [1.165, 1.54) is 22.5 Å². The van der Waals surface area contributed by atoms with Crippen LogP contribution in [0.15, 0.2) is 78.8 Å². The zero-order valence-corrected chi connectivity index (χ0v) is 24.7. The van der Waals surface area contributed by atoms with Crippen LogP contribution in [0.3, 0.4) is 0 Å². The van der Waals surface area contributed by atoms with Crippen LogP contribution >= 0.6 is 11.3 Å². The fourth-order valence-corrected chi connectivity index (χ4v) is 8.73. The highest BCUT2D eigenvalue weighted by molar-refractivity contribution is 7.33. The van der Waals surface area contributed by atoms with Gasteiger partial charge in [-0.2, -0.15) is 0 Å². The van der Waals surface area contributed by atoms with E-state index in [0.29, 0.717) is 21.5 Å². The van der Waals surface area contributed by atoms with Gasteiger partial charge in [-0.3, -0.25) is 4.98 Å². The summed E-state index contributed by atoms with van der Waals surface area (Å²) in [7, 11) is 0. The summed E-state index contributed by atoms with van der Waals surface area (Å²) in [6.07, 6.45) is 2.02. The van der Waals surface area contributed by atoms with Crippen LogP contribution in [0.25, 0.3) is 10.1 Å². The third-order valence-corrected chi connectivity index (χ3v) is 11.0. The molecule has 0 bridgehead atoms. The molecule has 2 nitrogen and oxygen atoms in total. The molecule has 1 aliphatic carbocycles. The van der Waals surface area contributed by atoms with Gasteiger partial charge < -0.3 is 4.90 Å². The molecule has 0 N–H and O–H groups in total. The Kier molecular flexibility index (Phi) is 3.72. The predicted octanol–water partition coefficient (Wildman–Crippen LogP) is 7.58. The van der Waals surface area contributed by atoms with Gasteiger partial charge in [0.25, 0.3) is 6.71 Å². The smallest absolute Gasteiger partial charge is 0.262 e. The second-order valence-electron chi connectivity index (χ2n) is 13.5. The van der Waals surface area contributed by atoms with Crippen molar-refractivity contribution in [1.29, 1.82) is 0 Å². The minimum atomic E-state index is -0.535. The van der Waals surface area contributed by atoms with E-state index in [0.717, 1.165) is 45.5 Å². The van der Waals surface area contributed by atoms with Crippen molar-refractivity contribution in [2.75, 3.05) is 4.90 Å². The molecule has 0 saturated carbocycles. The summed E-state index contributed by atoms with van der Waals surface area (Å²) >= 11 is 1.41. The van der Waals surface area contributed by atoms with Crippen molar-refractivity contribution < 1.29 is 8.22 Å². The molecule has 5 aromatic rings. The predicted molar refractivity (Wildman–Crippen MR) is 173 cm³/mol. The molecule has 2 aromatic heterocycles. The maximum atomic E-state index is 9.42. The van der Waals surface area contributed by atoms with Crippen molar-refractivity contribution >= 4 is 60.9 Å². The van der Waals surface area contributed by atoms with Crippen LogP contribution in [0.1, 0.15) is 85.0 Å². The van der Waals surface area contributed by atoms with Gasteiger partial charge in [0.2, 0.25) is 0 Å². The van der Waals surface area contributed by atoms with Crippen molar-refractivity contribution in [2.45, 2.75) is 70.6 Å². The molecule has 2 aliphatic heterocycles. The number of hydrogen-bond donors (Lipinski definition) is 0. The first-order valence-corrected chi connectivity index (χ1v) is 15.0. The zero-order chi connectivity index (χ0) is 32.8. The zero-order valence-electron chi connectivity index (χ0n) is 29.8. The van der Waals surface area contributed by atoms with Gasteiger partial charge in [0.05, 0.1) is 13.9 Å². The van der Waals surface area contributed by atoms with Crippen LogP contribution in [-0.4, -0.2) is 11.7 Å². The first kappa shape index (κ1) is 18.9. The van der Waals surface area contributed by atoms with Gasteiger partial charge in [0.15, 0.2) is 0 Å². The molecule has 0 saturated heterocycles. The van der Waals surface area contributed by atoms with Crippen molar-refractivity contribution in [3.63, 3.8) is 0 Å². The lowest BCUT2D eigenvalue weighted by atomic mass is 9.33. The van der Waals surface area contributed by atoms with Crippen molar-refractivity contribution in [1.82, 2.24) is 4.98 Å². The summed E-state index contributed by atoms with van der Waals surface area (Å²) in [6, 6.07) is 14.2. The Morgan fingerprint density at radius 1 is 0.875 bits per heavy atom. The Morgan fingerprint density at radius 2 is 1.62 bits per heavy atom. The minimum absolute atomic E-state index is 0.00816. The maximum Gasteiger partial charge on any atom is 0.262 e. The second-order valence-corrected chi connectivity index (χ2v) is 14.5. The summed E-state index contributed by atoms with van der Waals surface area (Å²) in [5.74, 6) is 0. The summed E-state index contributed by atoms with van der Waals surface area (Å²) in [4.78, 5) is 6.85. The second kappa shape index (κ2) is 7.88. The van der Waals surface area contributed by atoms with E-state index in [1.807, 2.05) is 17.0 Å². The van der Waals surface area contributed by atoms with Crippen LogP contribution in [0.4, 0.5) is 17.1 Å². The Hall–Kier alpha value is -3.37. The molecule has 8 rings (SSSR count). The average molecular weight is 545 g/mol. The molecule has 0 atom stereocenters. The molecule has 0 fully saturated rings. The Morgan fingerprint density at radius 3 is 2.45 bits per heavy atom. The van der Waals surface area contributed by atoms with Crippen LogP contribution in [0.2, 0.25) is 0 Å². The van der Waals surface area contributed by atoms with Gasteiger partial charge in [-0.25, -0.2) is 0 Å². The van der Waals surface area contributed by atoms with Crippen LogP contribution in [-0.2, 0) is 16.2 Å².